The molecule has 3 fully saturated rings. The molecule has 0 spiro atoms. The van der Waals surface area contributed by atoms with Crippen LogP contribution >= 0.6 is 0 Å². The third-order valence-electron chi connectivity index (χ3n) is 4.69. The van der Waals surface area contributed by atoms with E-state index < -0.39 is 11.5 Å². The second-order valence-corrected chi connectivity index (χ2v) is 7.51. The predicted molar refractivity (Wildman–Crippen MR) is 86.3 cm³/mol. The Bertz CT molecular complexity index is 682. The number of aromatic nitrogens is 1. The average Bonchev–Trinajstić information content (AvgIpc) is 3.33. The number of anilines is 1. The summed E-state index contributed by atoms with van der Waals surface area (Å²) in [7, 11) is 0. The van der Waals surface area contributed by atoms with Crippen molar-refractivity contribution in [1.29, 1.82) is 0 Å². The molecule has 1 saturated carbocycles. The number of ether oxygens (including phenoxy) is 2. The summed E-state index contributed by atoms with van der Waals surface area (Å²) in [6, 6.07) is 1.64. The maximum Gasteiger partial charge on any atom is 0.282 e. The molecule has 0 unspecified atom stereocenters. The number of amides is 1. The molecule has 6 nitrogen and oxygen atoms in total. The van der Waals surface area contributed by atoms with E-state index in [4.69, 9.17) is 9.47 Å². The minimum atomic E-state index is -2.66. The van der Waals surface area contributed by atoms with Gasteiger partial charge in [-0.15, -0.1) is 0 Å². The van der Waals surface area contributed by atoms with Gasteiger partial charge >= 0.3 is 0 Å². The van der Waals surface area contributed by atoms with Crippen LogP contribution in [0.15, 0.2) is 12.3 Å². The van der Waals surface area contributed by atoms with Gasteiger partial charge in [0.05, 0.1) is 50.3 Å². The lowest BCUT2D eigenvalue weighted by Crippen LogP contribution is -2.60. The first-order valence-electron chi connectivity index (χ1n) is 8.50. The Morgan fingerprint density at radius 1 is 1.44 bits per heavy atom. The zero-order valence-electron chi connectivity index (χ0n) is 14.1. The molecule has 4 rings (SSSR count). The van der Waals surface area contributed by atoms with Crippen LogP contribution in [-0.2, 0) is 4.74 Å². The van der Waals surface area contributed by atoms with Crippen LogP contribution in [-0.4, -0.2) is 55.3 Å². The number of carbonyl (C=O) groups excluding carboxylic acids is 1. The molecule has 0 aromatic carbocycles. The Morgan fingerprint density at radius 2 is 2.16 bits per heavy atom. The summed E-state index contributed by atoms with van der Waals surface area (Å²) in [4.78, 5) is 18.3. The lowest BCUT2D eigenvalue weighted by atomic mass is 10.0. The second kappa shape index (κ2) is 5.79. The van der Waals surface area contributed by atoms with E-state index in [-0.39, 0.29) is 24.7 Å². The number of alkyl halides is 2. The number of hydrogen-bond acceptors (Lipinski definition) is 5. The van der Waals surface area contributed by atoms with Crippen molar-refractivity contribution >= 4 is 11.6 Å². The monoisotopic (exact) mass is 353 g/mol. The number of nitrogens with one attached hydrogen (secondary N) is 1. The highest BCUT2D eigenvalue weighted by Crippen LogP contribution is 2.35. The molecule has 25 heavy (non-hydrogen) atoms. The van der Waals surface area contributed by atoms with Gasteiger partial charge in [0.25, 0.3) is 11.8 Å². The van der Waals surface area contributed by atoms with Gasteiger partial charge < -0.3 is 19.7 Å². The fourth-order valence-corrected chi connectivity index (χ4v) is 2.89. The van der Waals surface area contributed by atoms with E-state index in [9.17, 15) is 13.6 Å². The molecule has 3 heterocycles. The Labute approximate surface area is 144 Å². The number of hydrogen-bond donors (Lipinski definition) is 1. The van der Waals surface area contributed by atoms with Gasteiger partial charge in [-0.2, -0.15) is 0 Å². The van der Waals surface area contributed by atoms with E-state index in [0.29, 0.717) is 37.2 Å². The maximum atomic E-state index is 13.1. The van der Waals surface area contributed by atoms with Crippen LogP contribution in [0.25, 0.3) is 0 Å². The second-order valence-electron chi connectivity index (χ2n) is 7.51. The van der Waals surface area contributed by atoms with Gasteiger partial charge in [-0.1, -0.05) is 0 Å². The van der Waals surface area contributed by atoms with Crippen LogP contribution < -0.4 is 15.0 Å². The van der Waals surface area contributed by atoms with Crippen molar-refractivity contribution in [3.8, 4) is 5.75 Å². The van der Waals surface area contributed by atoms with Gasteiger partial charge in [0.1, 0.15) is 0 Å². The Balaban J connectivity index is 1.52. The molecule has 1 aromatic rings. The maximum absolute atomic E-state index is 13.1. The van der Waals surface area contributed by atoms with Gasteiger partial charge in [-0.3, -0.25) is 4.79 Å². The SMILES string of the molecule is CC1(NC(=O)c2ncc(N3CC(F)(F)C3)cc2OCC2CC2)COC1. The smallest absolute Gasteiger partial charge is 0.282 e. The molecule has 0 atom stereocenters. The summed E-state index contributed by atoms with van der Waals surface area (Å²) in [6.45, 7) is 2.66. The zero-order chi connectivity index (χ0) is 17.7. The molecule has 1 aliphatic carbocycles. The molecule has 1 N–H and O–H groups in total. The van der Waals surface area contributed by atoms with Crippen molar-refractivity contribution in [3.63, 3.8) is 0 Å². The summed E-state index contributed by atoms with van der Waals surface area (Å²) in [5.41, 5.74) is 0.335. The van der Waals surface area contributed by atoms with Crippen molar-refractivity contribution in [2.75, 3.05) is 37.8 Å². The number of nitrogens with zero attached hydrogens (tertiary/aromatic N) is 2. The van der Waals surface area contributed by atoms with Crippen molar-refractivity contribution in [2.24, 2.45) is 5.92 Å². The third-order valence-corrected chi connectivity index (χ3v) is 4.69. The van der Waals surface area contributed by atoms with E-state index in [2.05, 4.69) is 10.3 Å². The fourth-order valence-electron chi connectivity index (χ4n) is 2.89. The van der Waals surface area contributed by atoms with Crippen LogP contribution in [0.5, 0.6) is 5.75 Å². The van der Waals surface area contributed by atoms with Gasteiger partial charge in [-0.05, 0) is 25.7 Å². The number of carbonyl (C=O) groups is 1. The predicted octanol–water partition coefficient (Wildman–Crippen LogP) is 1.84. The number of rotatable bonds is 6. The molecule has 0 bridgehead atoms. The molecular weight excluding hydrogens is 332 g/mol. The van der Waals surface area contributed by atoms with Crippen molar-refractivity contribution < 1.29 is 23.0 Å². The van der Waals surface area contributed by atoms with Gasteiger partial charge in [0.2, 0.25) is 0 Å². The summed E-state index contributed by atoms with van der Waals surface area (Å²) in [5.74, 6) is -2.15. The Hall–Kier alpha value is -1.96. The topological polar surface area (TPSA) is 63.7 Å². The van der Waals surface area contributed by atoms with Crippen LogP contribution in [0.4, 0.5) is 14.5 Å². The largest absolute Gasteiger partial charge is 0.491 e. The number of halogens is 2. The molecule has 1 amide bonds. The van der Waals surface area contributed by atoms with E-state index in [1.165, 1.54) is 11.1 Å². The highest BCUT2D eigenvalue weighted by molar-refractivity contribution is 5.96. The first-order valence-corrected chi connectivity index (χ1v) is 8.50. The van der Waals surface area contributed by atoms with E-state index in [1.54, 1.807) is 6.07 Å². The molecule has 0 radical (unpaired) electrons. The Morgan fingerprint density at radius 3 is 2.72 bits per heavy atom. The normalized spacial score (nSPS) is 23.4. The van der Waals surface area contributed by atoms with Crippen molar-refractivity contribution in [1.82, 2.24) is 10.3 Å². The van der Waals surface area contributed by atoms with Crippen LogP contribution in [0.1, 0.15) is 30.3 Å². The van der Waals surface area contributed by atoms with Gasteiger partial charge in [0, 0.05) is 6.07 Å². The molecule has 8 heteroatoms. The van der Waals surface area contributed by atoms with Gasteiger partial charge in [-0.25, -0.2) is 13.8 Å². The third kappa shape index (κ3) is 3.53. The lowest BCUT2D eigenvalue weighted by molar-refractivity contribution is -0.0594. The van der Waals surface area contributed by atoms with E-state index in [0.717, 1.165) is 12.8 Å². The number of pyridine rings is 1. The molecule has 1 aromatic heterocycles. The average molecular weight is 353 g/mol. The minimum absolute atomic E-state index is 0.185. The van der Waals surface area contributed by atoms with Crippen molar-refractivity contribution in [3.05, 3.63) is 18.0 Å². The van der Waals surface area contributed by atoms with Crippen LogP contribution in [0.2, 0.25) is 0 Å². The first kappa shape index (κ1) is 16.5. The summed E-state index contributed by atoms with van der Waals surface area (Å²) in [5, 5.41) is 2.90. The molecular formula is C17H21F2N3O3. The van der Waals surface area contributed by atoms with Gasteiger partial charge in [0.15, 0.2) is 11.4 Å². The van der Waals surface area contributed by atoms with Crippen LogP contribution in [0.3, 0.4) is 0 Å². The standard InChI is InChI=1S/C17H21F2N3O3/c1-16(9-24-10-16)21-15(23)14-13(25-6-11-2-3-11)4-12(5-20-14)22-7-17(18,19)8-22/h4-5,11H,2-3,6-10H2,1H3,(H,21,23). The van der Waals surface area contributed by atoms with Crippen molar-refractivity contribution in [2.45, 2.75) is 31.2 Å². The fraction of sp³-hybridized carbons (Fsp3) is 0.647. The molecule has 2 aliphatic heterocycles. The summed E-state index contributed by atoms with van der Waals surface area (Å²) >= 11 is 0. The first-order chi connectivity index (χ1) is 11.8. The molecule has 3 aliphatic rings. The van der Waals surface area contributed by atoms with Crippen LogP contribution in [0, 0.1) is 5.92 Å². The van der Waals surface area contributed by atoms with E-state index >= 15 is 0 Å². The lowest BCUT2D eigenvalue weighted by Gasteiger charge is -2.40. The highest BCUT2D eigenvalue weighted by Gasteiger charge is 2.44. The van der Waals surface area contributed by atoms with E-state index in [1.807, 2.05) is 6.92 Å². The Kier molecular flexibility index (Phi) is 3.82. The highest BCUT2D eigenvalue weighted by atomic mass is 19.3. The zero-order valence-corrected chi connectivity index (χ0v) is 14.1. The molecule has 2 saturated heterocycles. The molecule has 136 valence electrons. The summed E-state index contributed by atoms with van der Waals surface area (Å²) < 4.78 is 37.1. The summed E-state index contributed by atoms with van der Waals surface area (Å²) in [6.07, 6.45) is 3.68. The quantitative estimate of drug-likeness (QED) is 0.846. The minimum Gasteiger partial charge on any atom is -0.491 e.